The van der Waals surface area contributed by atoms with Gasteiger partial charge in [0.15, 0.2) is 0 Å². The van der Waals surface area contributed by atoms with Gasteiger partial charge in [0.2, 0.25) is 0 Å². The molecule has 1 fully saturated rings. The van der Waals surface area contributed by atoms with E-state index >= 15 is 0 Å². The second-order valence-electron chi connectivity index (χ2n) is 5.67. The Hall–Kier alpha value is -1.55. The van der Waals surface area contributed by atoms with Crippen LogP contribution in [0, 0.1) is 5.92 Å². The van der Waals surface area contributed by atoms with Crippen LogP contribution in [-0.4, -0.2) is 44.1 Å². The largest absolute Gasteiger partial charge is 0.494 e. The fourth-order valence-corrected chi connectivity index (χ4v) is 2.75. The third-order valence-corrected chi connectivity index (χ3v) is 3.95. The van der Waals surface area contributed by atoms with Crippen LogP contribution in [0.2, 0.25) is 0 Å². The van der Waals surface area contributed by atoms with Gasteiger partial charge in [0, 0.05) is 18.7 Å². The topological polar surface area (TPSA) is 41.6 Å². The van der Waals surface area contributed by atoms with E-state index in [0.29, 0.717) is 12.5 Å². The fraction of sp³-hybridized carbons (Fsp3) is 0.588. The quantitative estimate of drug-likeness (QED) is 0.875. The smallest absolute Gasteiger partial charge is 0.253 e. The summed E-state index contributed by atoms with van der Waals surface area (Å²) in [5.41, 5.74) is 0.732. The Labute approximate surface area is 127 Å². The molecule has 1 heterocycles. The molecule has 1 aromatic rings. The summed E-state index contributed by atoms with van der Waals surface area (Å²) >= 11 is 0. The van der Waals surface area contributed by atoms with E-state index in [2.05, 4.69) is 12.2 Å². The Morgan fingerprint density at radius 3 is 2.81 bits per heavy atom. The monoisotopic (exact) mass is 290 g/mol. The normalized spacial score (nSPS) is 16.0. The Bertz CT molecular complexity index is 454. The van der Waals surface area contributed by atoms with E-state index in [1.165, 1.54) is 0 Å². The van der Waals surface area contributed by atoms with Crippen LogP contribution in [0.5, 0.6) is 5.75 Å². The van der Waals surface area contributed by atoms with Gasteiger partial charge in [-0.25, -0.2) is 0 Å². The number of carbonyl (C=O) groups is 1. The van der Waals surface area contributed by atoms with Gasteiger partial charge in [-0.1, -0.05) is 13.0 Å². The van der Waals surface area contributed by atoms with Crippen molar-refractivity contribution in [2.45, 2.75) is 26.2 Å². The second kappa shape index (κ2) is 8.03. The molecule has 1 amide bonds. The SMILES string of the molecule is CCCOc1cccc(C(=O)N2CCC(CNC)CC2)c1. The van der Waals surface area contributed by atoms with Gasteiger partial charge in [-0.3, -0.25) is 4.79 Å². The zero-order valence-corrected chi connectivity index (χ0v) is 13.1. The molecule has 0 unspecified atom stereocenters. The van der Waals surface area contributed by atoms with Gasteiger partial charge in [-0.15, -0.1) is 0 Å². The van der Waals surface area contributed by atoms with E-state index in [1.54, 1.807) is 0 Å². The second-order valence-corrected chi connectivity index (χ2v) is 5.67. The molecule has 1 aromatic carbocycles. The van der Waals surface area contributed by atoms with E-state index in [4.69, 9.17) is 4.74 Å². The average molecular weight is 290 g/mol. The molecular formula is C17H26N2O2. The van der Waals surface area contributed by atoms with Crippen molar-refractivity contribution in [1.82, 2.24) is 10.2 Å². The lowest BCUT2D eigenvalue weighted by Gasteiger charge is -2.32. The molecule has 0 atom stereocenters. The van der Waals surface area contributed by atoms with Crippen molar-refractivity contribution in [2.24, 2.45) is 5.92 Å². The van der Waals surface area contributed by atoms with Gasteiger partial charge in [0.25, 0.3) is 5.91 Å². The van der Waals surface area contributed by atoms with Crippen molar-refractivity contribution >= 4 is 5.91 Å². The summed E-state index contributed by atoms with van der Waals surface area (Å²) in [5, 5.41) is 3.22. The summed E-state index contributed by atoms with van der Waals surface area (Å²) < 4.78 is 5.60. The summed E-state index contributed by atoms with van der Waals surface area (Å²) in [6.45, 7) is 5.51. The zero-order chi connectivity index (χ0) is 15.1. The Morgan fingerprint density at radius 1 is 1.38 bits per heavy atom. The van der Waals surface area contributed by atoms with Gasteiger partial charge in [0.05, 0.1) is 6.61 Å². The molecule has 4 heteroatoms. The van der Waals surface area contributed by atoms with Gasteiger partial charge in [-0.05, 0) is 57.0 Å². The lowest BCUT2D eigenvalue weighted by molar-refractivity contribution is 0.0690. The molecule has 1 aliphatic rings. The summed E-state index contributed by atoms with van der Waals surface area (Å²) in [7, 11) is 1.99. The highest BCUT2D eigenvalue weighted by Crippen LogP contribution is 2.20. The van der Waals surface area contributed by atoms with Crippen molar-refractivity contribution < 1.29 is 9.53 Å². The summed E-state index contributed by atoms with van der Waals surface area (Å²) in [5.74, 6) is 1.60. The first-order valence-corrected chi connectivity index (χ1v) is 7.91. The lowest BCUT2D eigenvalue weighted by atomic mass is 9.96. The van der Waals surface area contributed by atoms with Crippen molar-refractivity contribution in [2.75, 3.05) is 33.3 Å². The number of nitrogens with one attached hydrogen (secondary N) is 1. The maximum Gasteiger partial charge on any atom is 0.253 e. The first-order valence-electron chi connectivity index (χ1n) is 7.91. The highest BCUT2D eigenvalue weighted by Gasteiger charge is 2.23. The first-order chi connectivity index (χ1) is 10.2. The van der Waals surface area contributed by atoms with E-state index in [1.807, 2.05) is 36.2 Å². The van der Waals surface area contributed by atoms with Gasteiger partial charge < -0.3 is 15.0 Å². The molecule has 0 bridgehead atoms. The van der Waals surface area contributed by atoms with Crippen LogP contribution in [0.1, 0.15) is 36.5 Å². The standard InChI is InChI=1S/C17H26N2O2/c1-3-11-21-16-6-4-5-15(12-16)17(20)19-9-7-14(8-10-19)13-18-2/h4-6,12,14,18H,3,7-11,13H2,1-2H3. The Balaban J connectivity index is 1.94. The minimum absolute atomic E-state index is 0.125. The third-order valence-electron chi connectivity index (χ3n) is 3.95. The summed E-state index contributed by atoms with van der Waals surface area (Å²) in [6.07, 6.45) is 3.13. The molecule has 21 heavy (non-hydrogen) atoms. The number of benzene rings is 1. The molecule has 1 N–H and O–H groups in total. The van der Waals surface area contributed by atoms with Crippen LogP contribution in [0.15, 0.2) is 24.3 Å². The van der Waals surface area contributed by atoms with Crippen LogP contribution in [0.25, 0.3) is 0 Å². The number of piperidine rings is 1. The molecule has 2 rings (SSSR count). The molecule has 0 spiro atoms. The highest BCUT2D eigenvalue weighted by molar-refractivity contribution is 5.94. The molecular weight excluding hydrogens is 264 g/mol. The molecule has 0 aromatic heterocycles. The fourth-order valence-electron chi connectivity index (χ4n) is 2.75. The van der Waals surface area contributed by atoms with Gasteiger partial charge in [0.1, 0.15) is 5.75 Å². The molecule has 0 aliphatic carbocycles. The molecule has 0 saturated carbocycles. The lowest BCUT2D eigenvalue weighted by Crippen LogP contribution is -2.40. The minimum Gasteiger partial charge on any atom is -0.494 e. The maximum atomic E-state index is 12.5. The van der Waals surface area contributed by atoms with Crippen molar-refractivity contribution in [3.05, 3.63) is 29.8 Å². The summed E-state index contributed by atoms with van der Waals surface area (Å²) in [4.78, 5) is 14.5. The Kier molecular flexibility index (Phi) is 6.05. The van der Waals surface area contributed by atoms with Crippen LogP contribution >= 0.6 is 0 Å². The first kappa shape index (κ1) is 15.8. The number of hydrogen-bond acceptors (Lipinski definition) is 3. The van der Waals surface area contributed by atoms with Crippen molar-refractivity contribution in [3.8, 4) is 5.75 Å². The number of rotatable bonds is 6. The van der Waals surface area contributed by atoms with E-state index in [-0.39, 0.29) is 5.91 Å². The Morgan fingerprint density at radius 2 is 2.14 bits per heavy atom. The van der Waals surface area contributed by atoms with E-state index < -0.39 is 0 Å². The predicted octanol–water partition coefficient (Wildman–Crippen LogP) is 2.55. The zero-order valence-electron chi connectivity index (χ0n) is 13.1. The van der Waals surface area contributed by atoms with Crippen molar-refractivity contribution in [1.29, 1.82) is 0 Å². The number of likely N-dealkylation sites (tertiary alicyclic amines) is 1. The average Bonchev–Trinajstić information content (AvgIpc) is 2.53. The number of carbonyl (C=O) groups excluding carboxylic acids is 1. The van der Waals surface area contributed by atoms with Crippen molar-refractivity contribution in [3.63, 3.8) is 0 Å². The molecule has 1 aliphatic heterocycles. The van der Waals surface area contributed by atoms with Crippen LogP contribution in [-0.2, 0) is 0 Å². The molecule has 1 saturated heterocycles. The molecule has 4 nitrogen and oxygen atoms in total. The van der Waals surface area contributed by atoms with E-state index in [9.17, 15) is 4.79 Å². The molecule has 0 radical (unpaired) electrons. The van der Waals surface area contributed by atoms with Crippen LogP contribution in [0.4, 0.5) is 0 Å². The predicted molar refractivity (Wildman–Crippen MR) is 84.8 cm³/mol. The minimum atomic E-state index is 0.125. The summed E-state index contributed by atoms with van der Waals surface area (Å²) in [6, 6.07) is 7.54. The number of hydrogen-bond donors (Lipinski definition) is 1. The van der Waals surface area contributed by atoms with Gasteiger partial charge >= 0.3 is 0 Å². The van der Waals surface area contributed by atoms with Crippen LogP contribution < -0.4 is 10.1 Å². The van der Waals surface area contributed by atoms with E-state index in [0.717, 1.165) is 50.2 Å². The van der Waals surface area contributed by atoms with Gasteiger partial charge in [-0.2, -0.15) is 0 Å². The maximum absolute atomic E-state index is 12.5. The number of ether oxygens (including phenoxy) is 1. The number of amides is 1. The number of nitrogens with zero attached hydrogens (tertiary/aromatic N) is 1. The van der Waals surface area contributed by atoms with Crippen LogP contribution in [0.3, 0.4) is 0 Å². The molecule has 116 valence electrons. The highest BCUT2D eigenvalue weighted by atomic mass is 16.5. The third kappa shape index (κ3) is 4.46.